The predicted molar refractivity (Wildman–Crippen MR) is 114 cm³/mol. The van der Waals surface area contributed by atoms with Crippen molar-refractivity contribution in [3.8, 4) is 17.0 Å². The molecule has 0 aliphatic carbocycles. The maximum absolute atomic E-state index is 13.3. The Morgan fingerprint density at radius 1 is 1.06 bits per heavy atom. The number of alkyl halides is 3. The third-order valence-electron chi connectivity index (χ3n) is 4.18. The summed E-state index contributed by atoms with van der Waals surface area (Å²) in [5.41, 5.74) is 0.682. The molecule has 1 aromatic heterocycles. The molecule has 0 spiro atoms. The number of ether oxygens (including phenoxy) is 1. The number of nitrogens with zero attached hydrogens (tertiary/aromatic N) is 3. The maximum Gasteiger partial charge on any atom is 0.433 e. The molecule has 10 heteroatoms. The molecule has 0 atom stereocenters. The van der Waals surface area contributed by atoms with Crippen molar-refractivity contribution in [1.29, 1.82) is 0 Å². The molecule has 6 nitrogen and oxygen atoms in total. The van der Waals surface area contributed by atoms with Crippen molar-refractivity contribution in [2.45, 2.75) is 18.3 Å². The van der Waals surface area contributed by atoms with Gasteiger partial charge in [-0.2, -0.15) is 13.2 Å². The molecular weight excluding hydrogens is 443 g/mol. The van der Waals surface area contributed by atoms with E-state index in [1.807, 2.05) is 18.2 Å². The molecule has 32 heavy (non-hydrogen) atoms. The first kappa shape index (κ1) is 23.3. The van der Waals surface area contributed by atoms with Gasteiger partial charge in [0.2, 0.25) is 0 Å². The number of thioether (sulfide) groups is 1. The molecule has 166 valence electrons. The number of hydrogen-bond donors (Lipinski definition) is 0. The lowest BCUT2D eigenvalue weighted by atomic mass is 10.1. The van der Waals surface area contributed by atoms with Crippen LogP contribution in [0.4, 0.5) is 13.2 Å². The monoisotopic (exact) mass is 461 g/mol. The van der Waals surface area contributed by atoms with Crippen LogP contribution in [0.2, 0.25) is 0 Å². The van der Waals surface area contributed by atoms with Crippen LogP contribution in [0.3, 0.4) is 0 Å². The minimum Gasteiger partial charge on any atom is -0.497 e. The summed E-state index contributed by atoms with van der Waals surface area (Å²) in [5, 5.41) is 3.56. The highest BCUT2D eigenvalue weighted by atomic mass is 32.2. The van der Waals surface area contributed by atoms with Crippen molar-refractivity contribution in [3.05, 3.63) is 71.9 Å². The lowest BCUT2D eigenvalue weighted by Gasteiger charge is -2.10. The number of carbonyl (C=O) groups excluding carboxylic acids is 1. The molecule has 0 saturated heterocycles. The molecule has 2 aromatic carbocycles. The lowest BCUT2D eigenvalue weighted by Crippen LogP contribution is -2.11. The molecule has 0 amide bonds. The number of halogens is 3. The van der Waals surface area contributed by atoms with Crippen molar-refractivity contribution >= 4 is 23.4 Å². The molecule has 0 saturated carbocycles. The van der Waals surface area contributed by atoms with Crippen LogP contribution in [-0.4, -0.2) is 34.5 Å². The number of rotatable bonds is 7. The molecule has 3 aromatic rings. The second kappa shape index (κ2) is 10.3. The summed E-state index contributed by atoms with van der Waals surface area (Å²) in [7, 11) is 1.49. The van der Waals surface area contributed by atoms with Gasteiger partial charge in [0, 0.05) is 5.56 Å². The SMILES string of the molecule is COc1ccc(-c2cc(C(F)(F)F)nc(SCC(=O)O/N=C(/C)c3ccccc3)n2)cc1. The molecule has 0 aliphatic heterocycles. The van der Waals surface area contributed by atoms with Gasteiger partial charge < -0.3 is 9.57 Å². The van der Waals surface area contributed by atoms with E-state index in [9.17, 15) is 18.0 Å². The van der Waals surface area contributed by atoms with E-state index in [1.54, 1.807) is 43.3 Å². The van der Waals surface area contributed by atoms with Crippen LogP contribution in [0.25, 0.3) is 11.3 Å². The van der Waals surface area contributed by atoms with E-state index < -0.39 is 17.8 Å². The average molecular weight is 461 g/mol. The summed E-state index contributed by atoms with van der Waals surface area (Å²) in [5.74, 6) is -0.491. The van der Waals surface area contributed by atoms with Gasteiger partial charge in [0.15, 0.2) is 5.16 Å². The third-order valence-corrected chi connectivity index (χ3v) is 5.00. The topological polar surface area (TPSA) is 73.7 Å². The number of aromatic nitrogens is 2. The zero-order valence-electron chi connectivity index (χ0n) is 17.1. The summed E-state index contributed by atoms with van der Waals surface area (Å²) < 4.78 is 45.0. The van der Waals surface area contributed by atoms with Crippen LogP contribution >= 0.6 is 11.8 Å². The summed E-state index contributed by atoms with van der Waals surface area (Å²) in [6.45, 7) is 1.67. The summed E-state index contributed by atoms with van der Waals surface area (Å²) in [6, 6.07) is 16.3. The second-order valence-electron chi connectivity index (χ2n) is 6.44. The van der Waals surface area contributed by atoms with E-state index in [4.69, 9.17) is 9.57 Å². The van der Waals surface area contributed by atoms with Crippen LogP contribution < -0.4 is 4.74 Å². The van der Waals surface area contributed by atoms with Gasteiger partial charge in [-0.25, -0.2) is 14.8 Å². The Labute approximate surface area is 186 Å². The van der Waals surface area contributed by atoms with E-state index in [1.165, 1.54) is 7.11 Å². The Bertz CT molecular complexity index is 1100. The Balaban J connectivity index is 1.74. The Kier molecular flexibility index (Phi) is 7.47. The molecule has 1 heterocycles. The number of oxime groups is 1. The van der Waals surface area contributed by atoms with Crippen molar-refractivity contribution in [2.24, 2.45) is 5.16 Å². The first-order chi connectivity index (χ1) is 15.3. The van der Waals surface area contributed by atoms with E-state index >= 15 is 0 Å². The summed E-state index contributed by atoms with van der Waals surface area (Å²) >= 11 is 0.732. The van der Waals surface area contributed by atoms with Gasteiger partial charge in [-0.05, 0) is 42.8 Å². The van der Waals surface area contributed by atoms with Gasteiger partial charge in [0.25, 0.3) is 0 Å². The Morgan fingerprint density at radius 3 is 2.38 bits per heavy atom. The van der Waals surface area contributed by atoms with Crippen LogP contribution in [0.1, 0.15) is 18.2 Å². The van der Waals surface area contributed by atoms with Gasteiger partial charge in [0.05, 0.1) is 18.5 Å². The Hall–Kier alpha value is -3.40. The van der Waals surface area contributed by atoms with Crippen molar-refractivity contribution in [1.82, 2.24) is 9.97 Å². The summed E-state index contributed by atoms with van der Waals surface area (Å²) in [4.78, 5) is 24.6. The quantitative estimate of drug-likeness (QED) is 0.158. The molecule has 0 unspecified atom stereocenters. The fourth-order valence-electron chi connectivity index (χ4n) is 2.55. The van der Waals surface area contributed by atoms with Crippen molar-refractivity contribution < 1.29 is 27.5 Å². The fraction of sp³-hybridized carbons (Fsp3) is 0.182. The van der Waals surface area contributed by atoms with E-state index in [0.717, 1.165) is 23.4 Å². The first-order valence-corrected chi connectivity index (χ1v) is 10.3. The molecule has 3 rings (SSSR count). The largest absolute Gasteiger partial charge is 0.497 e. The van der Waals surface area contributed by atoms with E-state index in [-0.39, 0.29) is 16.6 Å². The normalized spacial score (nSPS) is 11.8. The van der Waals surface area contributed by atoms with Crippen LogP contribution in [0.15, 0.2) is 71.0 Å². The van der Waals surface area contributed by atoms with Crippen molar-refractivity contribution in [3.63, 3.8) is 0 Å². The molecule has 0 aliphatic rings. The van der Waals surface area contributed by atoms with Crippen LogP contribution in [-0.2, 0) is 15.8 Å². The highest BCUT2D eigenvalue weighted by Gasteiger charge is 2.34. The predicted octanol–water partition coefficient (Wildman–Crippen LogP) is 5.23. The lowest BCUT2D eigenvalue weighted by molar-refractivity contribution is -0.141. The number of methoxy groups -OCH3 is 1. The van der Waals surface area contributed by atoms with Crippen LogP contribution in [0.5, 0.6) is 5.75 Å². The highest BCUT2D eigenvalue weighted by molar-refractivity contribution is 7.99. The minimum absolute atomic E-state index is 0.0730. The fourth-order valence-corrected chi connectivity index (χ4v) is 3.17. The minimum atomic E-state index is -4.67. The van der Waals surface area contributed by atoms with E-state index in [0.29, 0.717) is 17.0 Å². The maximum atomic E-state index is 13.3. The van der Waals surface area contributed by atoms with E-state index in [2.05, 4.69) is 15.1 Å². The van der Waals surface area contributed by atoms with Gasteiger partial charge >= 0.3 is 12.1 Å². The smallest absolute Gasteiger partial charge is 0.433 e. The molecule has 0 bridgehead atoms. The molecular formula is C22H18F3N3O3S. The molecule has 0 N–H and O–H groups in total. The standard InChI is InChI=1S/C22H18F3N3O3S/c1-14(15-6-4-3-5-7-15)28-31-20(29)13-32-21-26-18(12-19(27-21)22(23,24)25)16-8-10-17(30-2)11-9-16/h3-12H,13H2,1-2H3/b28-14-. The number of hydrogen-bond acceptors (Lipinski definition) is 7. The highest BCUT2D eigenvalue weighted by Crippen LogP contribution is 2.32. The first-order valence-electron chi connectivity index (χ1n) is 9.29. The van der Waals surface area contributed by atoms with Crippen molar-refractivity contribution in [2.75, 3.05) is 12.9 Å². The van der Waals surface area contributed by atoms with Gasteiger partial charge in [-0.15, -0.1) is 0 Å². The second-order valence-corrected chi connectivity index (χ2v) is 7.38. The number of benzene rings is 2. The zero-order valence-corrected chi connectivity index (χ0v) is 17.9. The summed E-state index contributed by atoms with van der Waals surface area (Å²) in [6.07, 6.45) is -4.67. The molecule has 0 radical (unpaired) electrons. The molecule has 0 fully saturated rings. The number of carbonyl (C=O) groups is 1. The average Bonchev–Trinajstić information content (AvgIpc) is 2.81. The Morgan fingerprint density at radius 2 is 1.75 bits per heavy atom. The van der Waals surface area contributed by atoms with Gasteiger partial charge in [-0.3, -0.25) is 0 Å². The third kappa shape index (κ3) is 6.30. The van der Waals surface area contributed by atoms with Gasteiger partial charge in [0.1, 0.15) is 17.2 Å². The zero-order chi connectivity index (χ0) is 23.1. The van der Waals surface area contributed by atoms with Crippen LogP contribution in [0, 0.1) is 0 Å². The van der Waals surface area contributed by atoms with Gasteiger partial charge in [-0.1, -0.05) is 47.2 Å².